The lowest BCUT2D eigenvalue weighted by Gasteiger charge is -2.23. The molecule has 0 saturated heterocycles. The lowest BCUT2D eigenvalue weighted by molar-refractivity contribution is -0.384. The lowest BCUT2D eigenvalue weighted by atomic mass is 10.1. The first-order chi connectivity index (χ1) is 20.2. The second-order valence-electron chi connectivity index (χ2n) is 9.21. The average Bonchev–Trinajstić information content (AvgIpc) is 2.97. The van der Waals surface area contributed by atoms with Crippen LogP contribution in [0.3, 0.4) is 0 Å². The summed E-state index contributed by atoms with van der Waals surface area (Å²) < 4.78 is 29.8. The number of hydrogen-bond donors (Lipinski definition) is 2. The molecule has 0 aliphatic rings. The zero-order valence-electron chi connectivity index (χ0n) is 23.2. The molecule has 2 amide bonds. The Balaban J connectivity index is 1.53. The Labute approximate surface area is 243 Å². The van der Waals surface area contributed by atoms with Crippen LogP contribution in [0.4, 0.5) is 20.6 Å². The van der Waals surface area contributed by atoms with Gasteiger partial charge in [0.1, 0.15) is 23.9 Å². The number of hydrogen-bond acceptors (Lipinski definition) is 7. The zero-order valence-corrected chi connectivity index (χ0v) is 23.2. The van der Waals surface area contributed by atoms with Crippen molar-refractivity contribution in [2.75, 3.05) is 38.2 Å². The number of carboxylic acids is 1. The van der Waals surface area contributed by atoms with E-state index in [1.165, 1.54) is 36.4 Å². The fraction of sp³-hybridized carbons (Fsp3) is 0.333. The average molecular weight is 584 g/mol. The number of nitrogens with one attached hydrogen (secondary N) is 1. The third kappa shape index (κ3) is 10.7. The minimum Gasteiger partial charge on any atom is -0.494 e. The molecule has 0 radical (unpaired) electrons. The molecule has 0 aromatic heterocycles. The molecule has 3 aromatic rings. The third-order valence-corrected chi connectivity index (χ3v) is 6.14. The predicted molar refractivity (Wildman–Crippen MR) is 154 cm³/mol. The fourth-order valence-corrected chi connectivity index (χ4v) is 3.94. The SMILES string of the molecule is CCOC(Cc1ccc(OCCN(CCCCOc2ccc(F)cc2)C(=O)Nc2ccc([N+](=O)[O-])cc2)cc1)C(=O)O. The summed E-state index contributed by atoms with van der Waals surface area (Å²) in [6.07, 6.45) is 0.560. The second-order valence-corrected chi connectivity index (χ2v) is 9.21. The van der Waals surface area contributed by atoms with E-state index in [0.29, 0.717) is 49.8 Å². The van der Waals surface area contributed by atoms with Crippen LogP contribution in [0.2, 0.25) is 0 Å². The highest BCUT2D eigenvalue weighted by atomic mass is 19.1. The molecule has 12 heteroatoms. The topological polar surface area (TPSA) is 140 Å². The molecule has 224 valence electrons. The molecule has 1 atom stereocenters. The van der Waals surface area contributed by atoms with Gasteiger partial charge in [0.05, 0.1) is 18.1 Å². The molecule has 1 unspecified atom stereocenters. The van der Waals surface area contributed by atoms with E-state index in [4.69, 9.17) is 14.2 Å². The van der Waals surface area contributed by atoms with E-state index in [-0.39, 0.29) is 31.1 Å². The van der Waals surface area contributed by atoms with Gasteiger partial charge in [-0.15, -0.1) is 0 Å². The van der Waals surface area contributed by atoms with Crippen molar-refractivity contribution in [3.8, 4) is 11.5 Å². The molecule has 0 aliphatic carbocycles. The molecule has 0 aliphatic heterocycles. The number of halogens is 1. The number of urea groups is 1. The number of aliphatic carboxylic acids is 1. The third-order valence-electron chi connectivity index (χ3n) is 6.14. The van der Waals surface area contributed by atoms with Crippen molar-refractivity contribution in [3.63, 3.8) is 0 Å². The molecule has 3 aromatic carbocycles. The Morgan fingerprint density at radius 3 is 2.14 bits per heavy atom. The van der Waals surface area contributed by atoms with E-state index >= 15 is 0 Å². The maximum absolute atomic E-state index is 13.1. The summed E-state index contributed by atoms with van der Waals surface area (Å²) in [6, 6.07) is 17.9. The van der Waals surface area contributed by atoms with E-state index < -0.39 is 23.0 Å². The van der Waals surface area contributed by atoms with Gasteiger partial charge in [-0.1, -0.05) is 12.1 Å². The number of carbonyl (C=O) groups is 2. The van der Waals surface area contributed by atoms with Crippen molar-refractivity contribution in [2.45, 2.75) is 32.3 Å². The standard InChI is InChI=1S/C30H34FN3O8/c1-2-40-28(29(35)36)21-22-5-13-26(14-6-22)42-20-18-33(17-3-4-19-41-27-15-7-23(31)8-16-27)30(37)32-24-9-11-25(12-10-24)34(38)39/h5-16,28H,2-4,17-21H2,1H3,(H,32,37)(H,35,36). The molecule has 0 bridgehead atoms. The normalized spacial score (nSPS) is 11.4. The number of non-ortho nitro benzene ring substituents is 1. The number of carbonyl (C=O) groups excluding carboxylic acids is 1. The molecule has 3 rings (SSSR count). The number of nitrogens with zero attached hydrogens (tertiary/aromatic N) is 2. The molecule has 0 saturated carbocycles. The van der Waals surface area contributed by atoms with Crippen LogP contribution in [-0.2, 0) is 16.0 Å². The van der Waals surface area contributed by atoms with E-state index in [1.807, 2.05) is 0 Å². The minimum absolute atomic E-state index is 0.0817. The highest BCUT2D eigenvalue weighted by Gasteiger charge is 2.18. The van der Waals surface area contributed by atoms with Gasteiger partial charge in [-0.3, -0.25) is 10.1 Å². The summed E-state index contributed by atoms with van der Waals surface area (Å²) in [5, 5.41) is 22.9. The Bertz CT molecular complexity index is 1290. The van der Waals surface area contributed by atoms with Crippen molar-refractivity contribution in [1.29, 1.82) is 0 Å². The fourth-order valence-electron chi connectivity index (χ4n) is 3.94. The van der Waals surface area contributed by atoms with Crippen molar-refractivity contribution >= 4 is 23.4 Å². The van der Waals surface area contributed by atoms with Crippen LogP contribution in [0.25, 0.3) is 0 Å². The molecular weight excluding hydrogens is 549 g/mol. The first kappa shape index (κ1) is 31.8. The highest BCUT2D eigenvalue weighted by molar-refractivity contribution is 5.89. The highest BCUT2D eigenvalue weighted by Crippen LogP contribution is 2.17. The van der Waals surface area contributed by atoms with E-state index in [9.17, 15) is 29.2 Å². The maximum Gasteiger partial charge on any atom is 0.333 e. The van der Waals surface area contributed by atoms with Gasteiger partial charge in [0.25, 0.3) is 5.69 Å². The Morgan fingerprint density at radius 1 is 0.929 bits per heavy atom. The number of unbranched alkanes of at least 4 members (excludes halogenated alkanes) is 1. The second kappa shape index (κ2) is 16.5. The van der Waals surface area contributed by atoms with Crippen LogP contribution in [0.15, 0.2) is 72.8 Å². The van der Waals surface area contributed by atoms with Gasteiger partial charge in [0.2, 0.25) is 0 Å². The van der Waals surface area contributed by atoms with Crippen molar-refractivity contribution in [1.82, 2.24) is 4.90 Å². The number of amides is 2. The number of carboxylic acid groups (broad SMARTS) is 1. The molecule has 0 heterocycles. The maximum atomic E-state index is 13.1. The summed E-state index contributed by atoms with van der Waals surface area (Å²) in [5.41, 5.74) is 1.12. The van der Waals surface area contributed by atoms with E-state index in [1.54, 1.807) is 48.2 Å². The molecule has 2 N–H and O–H groups in total. The Kier molecular flexibility index (Phi) is 12.5. The summed E-state index contributed by atoms with van der Waals surface area (Å²) in [6.45, 7) is 3.26. The van der Waals surface area contributed by atoms with Crippen molar-refractivity contribution in [3.05, 3.63) is 94.3 Å². The van der Waals surface area contributed by atoms with Crippen LogP contribution >= 0.6 is 0 Å². The summed E-state index contributed by atoms with van der Waals surface area (Å²) in [5.74, 6) is -0.250. The monoisotopic (exact) mass is 583 g/mol. The predicted octanol–water partition coefficient (Wildman–Crippen LogP) is 5.54. The van der Waals surface area contributed by atoms with Crippen LogP contribution < -0.4 is 14.8 Å². The zero-order chi connectivity index (χ0) is 30.3. The van der Waals surface area contributed by atoms with E-state index in [2.05, 4.69) is 5.32 Å². The molecule has 42 heavy (non-hydrogen) atoms. The largest absolute Gasteiger partial charge is 0.494 e. The molecule has 11 nitrogen and oxygen atoms in total. The van der Waals surface area contributed by atoms with Crippen LogP contribution in [0, 0.1) is 15.9 Å². The number of ether oxygens (including phenoxy) is 3. The van der Waals surface area contributed by atoms with Gasteiger partial charge in [-0.25, -0.2) is 14.0 Å². The van der Waals surface area contributed by atoms with Crippen LogP contribution in [0.5, 0.6) is 11.5 Å². The number of nitro groups is 1. The van der Waals surface area contributed by atoms with Crippen LogP contribution in [0.1, 0.15) is 25.3 Å². The first-order valence-electron chi connectivity index (χ1n) is 13.5. The first-order valence-corrected chi connectivity index (χ1v) is 13.5. The minimum atomic E-state index is -1.02. The molecule has 0 spiro atoms. The Hall–Kier alpha value is -4.71. The molecule has 0 fully saturated rings. The quantitative estimate of drug-likeness (QED) is 0.120. The number of benzene rings is 3. The van der Waals surface area contributed by atoms with Crippen LogP contribution in [-0.4, -0.2) is 65.9 Å². The summed E-state index contributed by atoms with van der Waals surface area (Å²) >= 11 is 0. The lowest BCUT2D eigenvalue weighted by Crippen LogP contribution is -2.38. The van der Waals surface area contributed by atoms with Gasteiger partial charge in [0.15, 0.2) is 6.10 Å². The number of nitro benzene ring substituents is 1. The van der Waals surface area contributed by atoms with Gasteiger partial charge < -0.3 is 29.5 Å². The molecular formula is C30H34FN3O8. The van der Waals surface area contributed by atoms with Crippen molar-refractivity contribution < 1.29 is 38.2 Å². The van der Waals surface area contributed by atoms with Gasteiger partial charge >= 0.3 is 12.0 Å². The number of anilines is 1. The Morgan fingerprint density at radius 2 is 1.55 bits per heavy atom. The van der Waals surface area contributed by atoms with Gasteiger partial charge in [-0.2, -0.15) is 0 Å². The van der Waals surface area contributed by atoms with Crippen molar-refractivity contribution in [2.24, 2.45) is 0 Å². The van der Waals surface area contributed by atoms with Gasteiger partial charge in [-0.05, 0) is 73.9 Å². The number of rotatable bonds is 17. The smallest absolute Gasteiger partial charge is 0.333 e. The van der Waals surface area contributed by atoms with Gasteiger partial charge in [0, 0.05) is 37.4 Å². The summed E-state index contributed by atoms with van der Waals surface area (Å²) in [4.78, 5) is 36.4. The van der Waals surface area contributed by atoms with E-state index in [0.717, 1.165) is 5.56 Å². The summed E-state index contributed by atoms with van der Waals surface area (Å²) in [7, 11) is 0.